The third-order valence-corrected chi connectivity index (χ3v) is 4.97. The Kier molecular flexibility index (Phi) is 6.19. The van der Waals surface area contributed by atoms with Crippen LogP contribution in [0.1, 0.15) is 12.5 Å². The highest BCUT2D eigenvalue weighted by molar-refractivity contribution is 6.55. The van der Waals surface area contributed by atoms with Gasteiger partial charge in [-0.05, 0) is 37.3 Å². The third-order valence-electron chi connectivity index (χ3n) is 4.23. The molecule has 0 bridgehead atoms. The zero-order chi connectivity index (χ0) is 22.1. The van der Waals surface area contributed by atoms with E-state index in [4.69, 9.17) is 23.2 Å². The van der Waals surface area contributed by atoms with Crippen LogP contribution in [0.5, 0.6) is 0 Å². The van der Waals surface area contributed by atoms with Gasteiger partial charge in [0.2, 0.25) is 0 Å². The Labute approximate surface area is 181 Å². The van der Waals surface area contributed by atoms with E-state index in [1.807, 2.05) is 0 Å². The van der Waals surface area contributed by atoms with Crippen LogP contribution in [0.2, 0.25) is 10.0 Å². The lowest BCUT2D eigenvalue weighted by Crippen LogP contribution is -2.29. The number of fused-ring (bicyclic) bond motifs is 1. The van der Waals surface area contributed by atoms with Crippen molar-refractivity contribution in [3.63, 3.8) is 0 Å². The van der Waals surface area contributed by atoms with E-state index in [2.05, 4.69) is 11.6 Å². The van der Waals surface area contributed by atoms with Gasteiger partial charge in [0.15, 0.2) is 0 Å². The number of para-hydroxylation sites is 1. The molecule has 2 aromatic rings. The van der Waals surface area contributed by atoms with Gasteiger partial charge in [-0.2, -0.15) is 13.2 Å². The summed E-state index contributed by atoms with van der Waals surface area (Å²) in [7, 11) is 0. The van der Waals surface area contributed by atoms with Crippen molar-refractivity contribution in [1.29, 1.82) is 0 Å². The predicted octanol–water partition coefficient (Wildman–Crippen LogP) is 7.04. The van der Waals surface area contributed by atoms with E-state index in [0.717, 1.165) is 17.1 Å². The summed E-state index contributed by atoms with van der Waals surface area (Å²) in [6.07, 6.45) is -1.57. The summed E-state index contributed by atoms with van der Waals surface area (Å²) in [5.41, 5.74) is 0.272. The molecule has 2 aromatic carbocycles. The van der Waals surface area contributed by atoms with E-state index in [-0.39, 0.29) is 16.4 Å². The van der Waals surface area contributed by atoms with Gasteiger partial charge < -0.3 is 0 Å². The zero-order valence-electron chi connectivity index (χ0n) is 15.7. The van der Waals surface area contributed by atoms with Crippen LogP contribution in [-0.2, 0) is 4.79 Å². The van der Waals surface area contributed by atoms with Crippen molar-refractivity contribution in [2.24, 2.45) is 4.99 Å². The summed E-state index contributed by atoms with van der Waals surface area (Å²) in [6, 6.07) is 11.3. The molecule has 0 aromatic heterocycles. The first-order valence-electron chi connectivity index (χ1n) is 8.71. The van der Waals surface area contributed by atoms with Gasteiger partial charge >= 0.3 is 6.18 Å². The molecule has 3 rings (SSSR count). The number of carbonyl (C=O) groups is 1. The monoisotopic (exact) mass is 450 g/mol. The Bertz CT molecular complexity index is 1120. The number of rotatable bonds is 4. The normalized spacial score (nSPS) is 15.9. The molecule has 0 atom stereocenters. The number of allylic oxidation sites excluding steroid dienone is 4. The molecule has 0 saturated carbocycles. The number of amides is 1. The lowest BCUT2D eigenvalue weighted by atomic mass is 10.1. The van der Waals surface area contributed by atoms with Crippen LogP contribution in [-0.4, -0.2) is 17.8 Å². The maximum Gasteiger partial charge on any atom is 0.416 e. The molecular weight excluding hydrogens is 436 g/mol. The molecule has 154 valence electrons. The maximum absolute atomic E-state index is 13.3. The highest BCUT2D eigenvalue weighted by Crippen LogP contribution is 2.36. The number of carbonyl (C=O) groups excluding carboxylic acids is 1. The van der Waals surface area contributed by atoms with Gasteiger partial charge in [0.1, 0.15) is 5.71 Å². The molecular formula is C22H15Cl2F3N2O. The summed E-state index contributed by atoms with van der Waals surface area (Å²) in [5, 5.41) is 0.602. The first-order valence-corrected chi connectivity index (χ1v) is 9.47. The molecule has 0 fully saturated rings. The number of nitrogens with zero attached hydrogens (tertiary/aromatic N) is 2. The van der Waals surface area contributed by atoms with Crippen molar-refractivity contribution in [1.82, 2.24) is 0 Å². The van der Waals surface area contributed by atoms with E-state index in [1.165, 1.54) is 19.1 Å². The van der Waals surface area contributed by atoms with Crippen LogP contribution in [0, 0.1) is 0 Å². The summed E-state index contributed by atoms with van der Waals surface area (Å²) in [6.45, 7) is 5.16. The average Bonchev–Trinajstić information content (AvgIpc) is 2.95. The maximum atomic E-state index is 13.3. The fourth-order valence-electron chi connectivity index (χ4n) is 2.92. The quantitative estimate of drug-likeness (QED) is 0.459. The summed E-state index contributed by atoms with van der Waals surface area (Å²) >= 11 is 11.9. The standard InChI is InChI=1S/C22H15Cl2F3N2O/c1-3-6-14(22(25,26)27)11-13(2)29-19-8-5-4-7-16(19)20(21(29)30)28-15-9-10-17(23)18(24)12-15/h3-12H,2H2,1H3/b6-3-,14-11+,28-20?. The Morgan fingerprint density at radius 3 is 2.47 bits per heavy atom. The molecule has 1 aliphatic heterocycles. The third kappa shape index (κ3) is 4.35. The minimum atomic E-state index is -4.59. The van der Waals surface area contributed by atoms with Crippen LogP contribution < -0.4 is 4.90 Å². The summed E-state index contributed by atoms with van der Waals surface area (Å²) in [4.78, 5) is 18.6. The molecule has 0 unspecified atom stereocenters. The Hall–Kier alpha value is -2.83. The molecule has 0 saturated heterocycles. The largest absolute Gasteiger partial charge is 0.416 e. The molecule has 30 heavy (non-hydrogen) atoms. The number of alkyl halides is 3. The van der Waals surface area contributed by atoms with E-state index >= 15 is 0 Å². The molecule has 8 heteroatoms. The van der Waals surface area contributed by atoms with Crippen molar-refractivity contribution in [3.05, 3.63) is 94.2 Å². The van der Waals surface area contributed by atoms with Gasteiger partial charge in [-0.3, -0.25) is 9.69 Å². The van der Waals surface area contributed by atoms with Crippen LogP contribution in [0.25, 0.3) is 0 Å². The fraction of sp³-hybridized carbons (Fsp3) is 0.0909. The van der Waals surface area contributed by atoms with Crippen molar-refractivity contribution >= 4 is 46.2 Å². The minimum Gasteiger partial charge on any atom is -0.276 e. The first-order chi connectivity index (χ1) is 14.1. The van der Waals surface area contributed by atoms with Gasteiger partial charge in [-0.15, -0.1) is 0 Å². The smallest absolute Gasteiger partial charge is 0.276 e. The fourth-order valence-corrected chi connectivity index (χ4v) is 3.22. The van der Waals surface area contributed by atoms with Crippen LogP contribution in [0.15, 0.2) is 83.5 Å². The Morgan fingerprint density at radius 1 is 1.13 bits per heavy atom. The Balaban J connectivity index is 2.08. The number of hydrogen-bond donors (Lipinski definition) is 0. The highest BCUT2D eigenvalue weighted by Gasteiger charge is 2.37. The summed E-state index contributed by atoms with van der Waals surface area (Å²) < 4.78 is 39.8. The van der Waals surface area contributed by atoms with Crippen LogP contribution in [0.3, 0.4) is 0 Å². The lowest BCUT2D eigenvalue weighted by Gasteiger charge is -2.18. The second-order valence-electron chi connectivity index (χ2n) is 6.31. The molecule has 0 N–H and O–H groups in total. The van der Waals surface area contributed by atoms with Gasteiger partial charge in [-0.1, -0.05) is 60.1 Å². The lowest BCUT2D eigenvalue weighted by molar-refractivity contribution is -0.111. The average molecular weight is 451 g/mol. The molecule has 0 spiro atoms. The van der Waals surface area contributed by atoms with Crippen LogP contribution >= 0.6 is 23.2 Å². The number of benzene rings is 2. The number of aliphatic imine (C=N–C) groups is 1. The number of hydrogen-bond acceptors (Lipinski definition) is 2. The van der Waals surface area contributed by atoms with Gasteiger partial charge in [-0.25, -0.2) is 4.99 Å². The second kappa shape index (κ2) is 8.50. The first kappa shape index (κ1) is 21.9. The Morgan fingerprint density at radius 2 is 1.83 bits per heavy atom. The van der Waals surface area contributed by atoms with Gasteiger partial charge in [0, 0.05) is 11.3 Å². The van der Waals surface area contributed by atoms with E-state index < -0.39 is 17.7 Å². The summed E-state index contributed by atoms with van der Waals surface area (Å²) in [5.74, 6) is -0.592. The van der Waals surface area contributed by atoms with E-state index in [9.17, 15) is 18.0 Å². The van der Waals surface area contributed by atoms with Crippen molar-refractivity contribution < 1.29 is 18.0 Å². The highest BCUT2D eigenvalue weighted by atomic mass is 35.5. The van der Waals surface area contributed by atoms with E-state index in [1.54, 1.807) is 36.4 Å². The van der Waals surface area contributed by atoms with Gasteiger partial charge in [0.25, 0.3) is 5.91 Å². The molecule has 1 heterocycles. The number of halogens is 5. The predicted molar refractivity (Wildman–Crippen MR) is 115 cm³/mol. The topological polar surface area (TPSA) is 32.7 Å². The minimum absolute atomic E-state index is 0.0677. The van der Waals surface area contributed by atoms with E-state index in [0.29, 0.717) is 22.0 Å². The van der Waals surface area contributed by atoms with Crippen molar-refractivity contribution in [3.8, 4) is 0 Å². The molecule has 0 radical (unpaired) electrons. The number of anilines is 1. The van der Waals surface area contributed by atoms with Crippen molar-refractivity contribution in [2.75, 3.05) is 4.90 Å². The van der Waals surface area contributed by atoms with Gasteiger partial charge in [0.05, 0.1) is 27.0 Å². The second-order valence-corrected chi connectivity index (χ2v) is 7.12. The zero-order valence-corrected chi connectivity index (χ0v) is 17.2. The SMILES string of the molecule is C=C(/C=C(\C=C/C)C(F)(F)F)N1C(=O)C(=Nc2ccc(Cl)c(Cl)c2)c2ccccc21. The molecule has 1 aliphatic rings. The molecule has 1 amide bonds. The molecule has 0 aliphatic carbocycles. The molecule has 3 nitrogen and oxygen atoms in total. The van der Waals surface area contributed by atoms with Crippen molar-refractivity contribution in [2.45, 2.75) is 13.1 Å². The van der Waals surface area contributed by atoms with Crippen LogP contribution in [0.4, 0.5) is 24.5 Å².